The van der Waals surface area contributed by atoms with Crippen LogP contribution in [0.15, 0.2) is 0 Å². The molecule has 2 rings (SSSR count). The summed E-state index contributed by atoms with van der Waals surface area (Å²) in [5.74, 6) is 1.96. The molecule has 0 amide bonds. The maximum Gasteiger partial charge on any atom is 0.0734 e. The molecule has 13 heavy (non-hydrogen) atoms. The normalized spacial score (nSPS) is 48.7. The van der Waals surface area contributed by atoms with Crippen LogP contribution < -0.4 is 0 Å². The van der Waals surface area contributed by atoms with Crippen LogP contribution >= 0.6 is 11.6 Å². The van der Waals surface area contributed by atoms with E-state index in [1.54, 1.807) is 0 Å². The fourth-order valence-electron chi connectivity index (χ4n) is 3.18. The number of aliphatic hydroxyl groups is 1. The van der Waals surface area contributed by atoms with Gasteiger partial charge in [0.05, 0.1) is 11.5 Å². The molecule has 76 valence electrons. The number of unbranched alkanes of at least 4 members (excludes halogenated alkanes) is 1. The molecule has 2 saturated carbocycles. The van der Waals surface area contributed by atoms with E-state index in [9.17, 15) is 5.11 Å². The van der Waals surface area contributed by atoms with E-state index in [4.69, 9.17) is 11.6 Å². The fraction of sp³-hybridized carbons (Fsp3) is 1.00. The summed E-state index contributed by atoms with van der Waals surface area (Å²) < 4.78 is 0. The number of fused-ring (bicyclic) bond motifs is 2. The van der Waals surface area contributed by atoms with E-state index >= 15 is 0 Å². The summed E-state index contributed by atoms with van der Waals surface area (Å²) in [6.07, 6.45) is 6.15. The molecule has 0 aromatic heterocycles. The van der Waals surface area contributed by atoms with Gasteiger partial charge in [-0.1, -0.05) is 26.2 Å². The van der Waals surface area contributed by atoms with Crippen LogP contribution in [0.4, 0.5) is 0 Å². The van der Waals surface area contributed by atoms with Crippen molar-refractivity contribution in [3.63, 3.8) is 0 Å². The number of aliphatic hydroxyl groups excluding tert-OH is 1. The Balaban J connectivity index is 1.90. The van der Waals surface area contributed by atoms with Gasteiger partial charge >= 0.3 is 0 Å². The number of alkyl halides is 1. The van der Waals surface area contributed by atoms with E-state index in [0.29, 0.717) is 11.8 Å². The van der Waals surface area contributed by atoms with Gasteiger partial charge in [-0.2, -0.15) is 0 Å². The van der Waals surface area contributed by atoms with Crippen LogP contribution in [0.3, 0.4) is 0 Å². The maximum absolute atomic E-state index is 9.70. The first kappa shape index (κ1) is 9.79. The van der Waals surface area contributed by atoms with E-state index in [1.165, 1.54) is 32.1 Å². The van der Waals surface area contributed by atoms with Gasteiger partial charge in [-0.05, 0) is 30.6 Å². The molecule has 2 aliphatic carbocycles. The molecular weight excluding hydrogens is 184 g/mol. The topological polar surface area (TPSA) is 20.2 Å². The lowest BCUT2D eigenvalue weighted by molar-refractivity contribution is 0.0968. The Hall–Kier alpha value is 0.250. The molecular formula is C11H19ClO. The number of hydrogen-bond donors (Lipinski definition) is 1. The predicted molar refractivity (Wildman–Crippen MR) is 54.9 cm³/mol. The molecule has 2 aliphatic rings. The second kappa shape index (κ2) is 3.78. The Labute approximate surface area is 85.5 Å². The van der Waals surface area contributed by atoms with Gasteiger partial charge < -0.3 is 5.11 Å². The molecule has 0 heterocycles. The van der Waals surface area contributed by atoms with Crippen molar-refractivity contribution < 1.29 is 5.11 Å². The highest BCUT2D eigenvalue weighted by molar-refractivity contribution is 6.21. The van der Waals surface area contributed by atoms with Gasteiger partial charge in [-0.3, -0.25) is 0 Å². The van der Waals surface area contributed by atoms with Crippen LogP contribution in [0.5, 0.6) is 0 Å². The molecule has 0 unspecified atom stereocenters. The third-order valence-electron chi connectivity index (χ3n) is 3.93. The summed E-state index contributed by atoms with van der Waals surface area (Å²) in [6, 6.07) is 0. The predicted octanol–water partition coefficient (Wildman–Crippen LogP) is 2.80. The fourth-order valence-corrected chi connectivity index (χ4v) is 3.70. The number of rotatable bonds is 3. The van der Waals surface area contributed by atoms with Gasteiger partial charge in [-0.25, -0.2) is 0 Å². The smallest absolute Gasteiger partial charge is 0.0734 e. The van der Waals surface area contributed by atoms with E-state index in [1.807, 2.05) is 0 Å². The summed E-state index contributed by atoms with van der Waals surface area (Å²) in [5.41, 5.74) is 0. The molecule has 0 radical (unpaired) electrons. The average Bonchev–Trinajstić information content (AvgIpc) is 2.64. The van der Waals surface area contributed by atoms with Crippen LogP contribution in [0, 0.1) is 17.8 Å². The zero-order valence-electron chi connectivity index (χ0n) is 8.25. The van der Waals surface area contributed by atoms with Crippen molar-refractivity contribution in [2.75, 3.05) is 0 Å². The number of halogens is 1. The van der Waals surface area contributed by atoms with Crippen molar-refractivity contribution in [3.05, 3.63) is 0 Å². The second-order valence-electron chi connectivity index (χ2n) is 4.73. The lowest BCUT2D eigenvalue weighted by atomic mass is 9.83. The van der Waals surface area contributed by atoms with Crippen molar-refractivity contribution in [2.45, 2.75) is 50.5 Å². The van der Waals surface area contributed by atoms with Crippen LogP contribution in [-0.4, -0.2) is 16.6 Å². The summed E-state index contributed by atoms with van der Waals surface area (Å²) in [4.78, 5) is 0. The zero-order chi connectivity index (χ0) is 9.42. The highest BCUT2D eigenvalue weighted by Gasteiger charge is 2.50. The third-order valence-corrected chi connectivity index (χ3v) is 4.51. The first-order valence-corrected chi connectivity index (χ1v) is 5.99. The van der Waals surface area contributed by atoms with Crippen LogP contribution in [0.25, 0.3) is 0 Å². The van der Waals surface area contributed by atoms with Crippen molar-refractivity contribution in [3.8, 4) is 0 Å². The van der Waals surface area contributed by atoms with Crippen molar-refractivity contribution in [1.29, 1.82) is 0 Å². The standard InChI is InChI=1S/C11H19ClO/c1-2-3-4-7-5-8-6-9(7)10(12)11(8)13/h7-11,13H,2-6H2,1H3/t7-,8+,9+,10-,11+/m1/s1. The highest BCUT2D eigenvalue weighted by Crippen LogP contribution is 2.52. The van der Waals surface area contributed by atoms with Crippen molar-refractivity contribution >= 4 is 11.6 Å². The van der Waals surface area contributed by atoms with E-state index in [2.05, 4.69) is 6.92 Å². The van der Waals surface area contributed by atoms with Crippen molar-refractivity contribution in [1.82, 2.24) is 0 Å². The minimum atomic E-state index is -0.204. The lowest BCUT2D eigenvalue weighted by Gasteiger charge is -2.29. The highest BCUT2D eigenvalue weighted by atomic mass is 35.5. The average molecular weight is 203 g/mol. The summed E-state index contributed by atoms with van der Waals surface area (Å²) in [5, 5.41) is 9.76. The molecule has 0 spiro atoms. The largest absolute Gasteiger partial charge is 0.391 e. The SMILES string of the molecule is CCCC[C@@H]1C[C@H]2C[C@@H]1[C@@H](Cl)[C@H]2O. The van der Waals surface area contributed by atoms with E-state index in [-0.39, 0.29) is 11.5 Å². The van der Waals surface area contributed by atoms with E-state index in [0.717, 1.165) is 5.92 Å². The monoisotopic (exact) mass is 202 g/mol. The third kappa shape index (κ3) is 1.61. The van der Waals surface area contributed by atoms with Gasteiger partial charge in [0.2, 0.25) is 0 Å². The van der Waals surface area contributed by atoms with Gasteiger partial charge in [-0.15, -0.1) is 11.6 Å². The van der Waals surface area contributed by atoms with Crippen molar-refractivity contribution in [2.24, 2.45) is 17.8 Å². The Morgan fingerprint density at radius 3 is 2.69 bits per heavy atom. The first-order valence-electron chi connectivity index (χ1n) is 5.56. The molecule has 5 atom stereocenters. The first-order chi connectivity index (χ1) is 6.24. The van der Waals surface area contributed by atoms with Gasteiger partial charge in [0.15, 0.2) is 0 Å². The minimum absolute atomic E-state index is 0.0561. The molecule has 2 bridgehead atoms. The Morgan fingerprint density at radius 2 is 2.15 bits per heavy atom. The summed E-state index contributed by atoms with van der Waals surface area (Å²) in [6.45, 7) is 2.24. The minimum Gasteiger partial charge on any atom is -0.391 e. The zero-order valence-corrected chi connectivity index (χ0v) is 9.00. The Morgan fingerprint density at radius 1 is 1.38 bits per heavy atom. The number of hydrogen-bond acceptors (Lipinski definition) is 1. The Kier molecular flexibility index (Phi) is 2.85. The van der Waals surface area contributed by atoms with E-state index < -0.39 is 0 Å². The van der Waals surface area contributed by atoms with Crippen LogP contribution in [-0.2, 0) is 0 Å². The molecule has 0 saturated heterocycles. The van der Waals surface area contributed by atoms with Crippen LogP contribution in [0.2, 0.25) is 0 Å². The molecule has 1 nitrogen and oxygen atoms in total. The Bertz CT molecular complexity index is 181. The molecule has 0 aromatic rings. The van der Waals surface area contributed by atoms with Gasteiger partial charge in [0.25, 0.3) is 0 Å². The molecule has 1 N–H and O–H groups in total. The summed E-state index contributed by atoms with van der Waals surface area (Å²) >= 11 is 6.18. The van der Waals surface area contributed by atoms with Crippen LogP contribution in [0.1, 0.15) is 39.0 Å². The summed E-state index contributed by atoms with van der Waals surface area (Å²) in [7, 11) is 0. The molecule has 0 aliphatic heterocycles. The molecule has 2 heteroatoms. The maximum atomic E-state index is 9.70. The molecule has 0 aromatic carbocycles. The molecule has 2 fully saturated rings. The van der Waals surface area contributed by atoms with Gasteiger partial charge in [0.1, 0.15) is 0 Å². The lowest BCUT2D eigenvalue weighted by Crippen LogP contribution is -2.32. The second-order valence-corrected chi connectivity index (χ2v) is 5.24. The van der Waals surface area contributed by atoms with Gasteiger partial charge in [0, 0.05) is 0 Å². The quantitative estimate of drug-likeness (QED) is 0.698.